The maximum Gasteiger partial charge on any atom is 0.341 e. The fourth-order valence-corrected chi connectivity index (χ4v) is 1.31. The third-order valence-corrected chi connectivity index (χ3v) is 2.12. The van der Waals surface area contributed by atoms with E-state index >= 15 is 0 Å². The maximum atomic E-state index is 11.4. The molecule has 0 fully saturated rings. The highest BCUT2D eigenvalue weighted by molar-refractivity contribution is 5.93. The predicted molar refractivity (Wildman–Crippen MR) is 55.7 cm³/mol. The van der Waals surface area contributed by atoms with Crippen LogP contribution in [0.2, 0.25) is 0 Å². The van der Waals surface area contributed by atoms with E-state index in [0.29, 0.717) is 5.56 Å². The molecule has 6 heteroatoms. The quantitative estimate of drug-likeness (QED) is 0.444. The van der Waals surface area contributed by atoms with Crippen LogP contribution in [0.25, 0.3) is 0 Å². The van der Waals surface area contributed by atoms with Gasteiger partial charge in [-0.1, -0.05) is 0 Å². The van der Waals surface area contributed by atoms with Crippen molar-refractivity contribution in [3.63, 3.8) is 0 Å². The molecule has 6 nitrogen and oxygen atoms in total. The molecular formula is C10H11NO5. The molecule has 0 aliphatic carbocycles. The highest BCUT2D eigenvalue weighted by Crippen LogP contribution is 2.28. The van der Waals surface area contributed by atoms with E-state index in [1.165, 1.54) is 26.4 Å². The van der Waals surface area contributed by atoms with Crippen molar-refractivity contribution in [1.29, 1.82) is 0 Å². The number of rotatable bonds is 3. The van der Waals surface area contributed by atoms with Crippen LogP contribution in [-0.4, -0.2) is 25.1 Å². The third-order valence-electron chi connectivity index (χ3n) is 2.12. The molecule has 0 bridgehead atoms. The molecule has 0 aliphatic rings. The summed E-state index contributed by atoms with van der Waals surface area (Å²) in [4.78, 5) is 21.5. The van der Waals surface area contributed by atoms with Gasteiger partial charge in [0.15, 0.2) is 0 Å². The Morgan fingerprint density at radius 1 is 1.38 bits per heavy atom. The normalized spacial score (nSPS) is 9.69. The van der Waals surface area contributed by atoms with E-state index in [0.717, 1.165) is 0 Å². The first-order chi connectivity index (χ1) is 7.51. The van der Waals surface area contributed by atoms with Crippen molar-refractivity contribution >= 4 is 11.7 Å². The van der Waals surface area contributed by atoms with Crippen molar-refractivity contribution in [2.45, 2.75) is 6.92 Å². The molecule has 86 valence electrons. The molecule has 0 radical (unpaired) electrons. The summed E-state index contributed by atoms with van der Waals surface area (Å²) in [5, 5.41) is 10.7. The molecule has 0 unspecified atom stereocenters. The van der Waals surface area contributed by atoms with Crippen LogP contribution in [0.3, 0.4) is 0 Å². The molecule has 0 aliphatic heterocycles. The Morgan fingerprint density at radius 3 is 2.44 bits per heavy atom. The van der Waals surface area contributed by atoms with Crippen LogP contribution >= 0.6 is 0 Å². The monoisotopic (exact) mass is 225 g/mol. The van der Waals surface area contributed by atoms with Gasteiger partial charge >= 0.3 is 5.97 Å². The summed E-state index contributed by atoms with van der Waals surface area (Å²) in [5.41, 5.74) is 0.462. The van der Waals surface area contributed by atoms with Crippen LogP contribution in [0.1, 0.15) is 15.9 Å². The summed E-state index contributed by atoms with van der Waals surface area (Å²) in [7, 11) is 2.57. The number of benzene rings is 1. The Balaban J connectivity index is 3.37. The molecule has 1 aromatic rings. The van der Waals surface area contributed by atoms with E-state index < -0.39 is 10.9 Å². The lowest BCUT2D eigenvalue weighted by Gasteiger charge is -2.07. The molecule has 0 aromatic heterocycles. The van der Waals surface area contributed by atoms with E-state index in [-0.39, 0.29) is 17.0 Å². The Bertz CT molecular complexity index is 441. The minimum atomic E-state index is -0.588. The summed E-state index contributed by atoms with van der Waals surface area (Å²) < 4.78 is 9.45. The molecule has 1 aromatic carbocycles. The molecular weight excluding hydrogens is 214 g/mol. The fraction of sp³-hybridized carbons (Fsp3) is 0.300. The number of carbonyl (C=O) groups excluding carboxylic acids is 1. The van der Waals surface area contributed by atoms with E-state index in [1.54, 1.807) is 6.92 Å². The predicted octanol–water partition coefficient (Wildman–Crippen LogP) is 1.70. The number of methoxy groups -OCH3 is 2. The number of aryl methyl sites for hydroxylation is 1. The van der Waals surface area contributed by atoms with Gasteiger partial charge in [0.1, 0.15) is 11.3 Å². The van der Waals surface area contributed by atoms with Crippen molar-refractivity contribution in [2.75, 3.05) is 14.2 Å². The standard InChI is InChI=1S/C10H11NO5/c1-6-4-7(10(12)16-3)9(15-2)5-8(6)11(13)14/h4-5H,1-3H3. The minimum absolute atomic E-state index is 0.0931. The van der Waals surface area contributed by atoms with E-state index in [9.17, 15) is 14.9 Å². The lowest BCUT2D eigenvalue weighted by molar-refractivity contribution is -0.385. The van der Waals surface area contributed by atoms with E-state index in [1.807, 2.05) is 0 Å². The number of nitro benzene ring substituents is 1. The van der Waals surface area contributed by atoms with Gasteiger partial charge in [-0.2, -0.15) is 0 Å². The maximum absolute atomic E-state index is 11.4. The molecule has 0 heterocycles. The summed E-state index contributed by atoms with van der Waals surface area (Å²) in [6.45, 7) is 1.55. The van der Waals surface area contributed by atoms with Gasteiger partial charge in [-0.25, -0.2) is 4.79 Å². The molecule has 0 atom stereocenters. The Kier molecular flexibility index (Phi) is 3.44. The van der Waals surface area contributed by atoms with Crippen LogP contribution in [-0.2, 0) is 4.74 Å². The van der Waals surface area contributed by atoms with Gasteiger partial charge in [-0.05, 0) is 13.0 Å². The van der Waals surface area contributed by atoms with Crippen LogP contribution in [0.4, 0.5) is 5.69 Å². The smallest absolute Gasteiger partial charge is 0.341 e. The molecule has 1 rings (SSSR count). The summed E-state index contributed by atoms with van der Waals surface area (Å²) >= 11 is 0. The highest BCUT2D eigenvalue weighted by atomic mass is 16.6. The number of nitro groups is 1. The summed E-state index contributed by atoms with van der Waals surface area (Å²) in [6, 6.07) is 2.59. The van der Waals surface area contributed by atoms with Gasteiger partial charge in [0.25, 0.3) is 5.69 Å². The molecule has 0 amide bonds. The lowest BCUT2D eigenvalue weighted by atomic mass is 10.1. The van der Waals surface area contributed by atoms with Crippen molar-refractivity contribution in [3.8, 4) is 5.75 Å². The van der Waals surface area contributed by atoms with Crippen LogP contribution in [0, 0.1) is 17.0 Å². The first kappa shape index (κ1) is 12.0. The average molecular weight is 225 g/mol. The largest absolute Gasteiger partial charge is 0.496 e. The van der Waals surface area contributed by atoms with E-state index in [4.69, 9.17) is 4.74 Å². The first-order valence-corrected chi connectivity index (χ1v) is 4.42. The number of hydrogen-bond donors (Lipinski definition) is 0. The second-order valence-corrected chi connectivity index (χ2v) is 3.09. The van der Waals surface area contributed by atoms with Gasteiger partial charge in [-0.15, -0.1) is 0 Å². The third kappa shape index (κ3) is 2.10. The molecule has 0 spiro atoms. The van der Waals surface area contributed by atoms with Crippen LogP contribution in [0.15, 0.2) is 12.1 Å². The second-order valence-electron chi connectivity index (χ2n) is 3.09. The van der Waals surface area contributed by atoms with Gasteiger partial charge in [0.2, 0.25) is 0 Å². The Morgan fingerprint density at radius 2 is 2.00 bits per heavy atom. The Hall–Kier alpha value is -2.11. The van der Waals surface area contributed by atoms with Crippen LogP contribution in [0.5, 0.6) is 5.75 Å². The van der Waals surface area contributed by atoms with Crippen LogP contribution < -0.4 is 4.74 Å². The molecule has 0 N–H and O–H groups in total. The van der Waals surface area contributed by atoms with Gasteiger partial charge in [0.05, 0.1) is 25.2 Å². The summed E-state index contributed by atoms with van der Waals surface area (Å²) in [6.07, 6.45) is 0. The molecule has 16 heavy (non-hydrogen) atoms. The summed E-state index contributed by atoms with van der Waals surface area (Å²) in [5.74, 6) is -0.459. The second kappa shape index (κ2) is 4.61. The minimum Gasteiger partial charge on any atom is -0.496 e. The number of hydrogen-bond acceptors (Lipinski definition) is 5. The van der Waals surface area contributed by atoms with Gasteiger partial charge < -0.3 is 9.47 Å². The fourth-order valence-electron chi connectivity index (χ4n) is 1.31. The van der Waals surface area contributed by atoms with Crippen molar-refractivity contribution in [3.05, 3.63) is 33.4 Å². The van der Waals surface area contributed by atoms with Gasteiger partial charge in [-0.3, -0.25) is 10.1 Å². The van der Waals surface area contributed by atoms with Crippen molar-refractivity contribution in [1.82, 2.24) is 0 Å². The number of carbonyl (C=O) groups is 1. The highest BCUT2D eigenvalue weighted by Gasteiger charge is 2.20. The molecule has 0 saturated heterocycles. The number of esters is 1. The zero-order valence-electron chi connectivity index (χ0n) is 9.14. The number of nitrogens with zero attached hydrogens (tertiary/aromatic N) is 1. The lowest BCUT2D eigenvalue weighted by Crippen LogP contribution is -2.05. The molecule has 0 saturated carbocycles. The SMILES string of the molecule is COC(=O)c1cc(C)c([N+](=O)[O-])cc1OC. The zero-order valence-corrected chi connectivity index (χ0v) is 9.14. The van der Waals surface area contributed by atoms with Crippen molar-refractivity contribution < 1.29 is 19.2 Å². The topological polar surface area (TPSA) is 78.7 Å². The Labute approximate surface area is 91.9 Å². The average Bonchev–Trinajstić information content (AvgIpc) is 2.27. The van der Waals surface area contributed by atoms with E-state index in [2.05, 4.69) is 4.74 Å². The first-order valence-electron chi connectivity index (χ1n) is 4.42. The van der Waals surface area contributed by atoms with Gasteiger partial charge in [0, 0.05) is 5.56 Å². The zero-order chi connectivity index (χ0) is 12.3. The number of ether oxygens (including phenoxy) is 2. The van der Waals surface area contributed by atoms with Crippen molar-refractivity contribution in [2.24, 2.45) is 0 Å².